The molecule has 0 bridgehead atoms. The molecule has 27 heavy (non-hydrogen) atoms. The van der Waals surface area contributed by atoms with Gasteiger partial charge < -0.3 is 28.8 Å². The molecule has 0 aromatic heterocycles. The van der Waals surface area contributed by atoms with Gasteiger partial charge in [0, 0.05) is 27.7 Å². The van der Waals surface area contributed by atoms with E-state index in [2.05, 4.69) is 0 Å². The molecule has 1 aliphatic heterocycles. The lowest BCUT2D eigenvalue weighted by Gasteiger charge is -2.44. The first-order valence-electron chi connectivity index (χ1n) is 8.03. The Labute approximate surface area is 154 Å². The topological polar surface area (TPSA) is 152 Å². The number of carbonyl (C=O) groups is 5. The lowest BCUT2D eigenvalue weighted by atomic mass is 9.92. The van der Waals surface area contributed by atoms with E-state index in [1.165, 1.54) is 0 Å². The number of carbonyl (C=O) groups excluding carboxylic acids is 4. The minimum Gasteiger partial charge on any atom is -0.481 e. The third kappa shape index (κ3) is 7.21. The average molecular weight is 390 g/mol. The molecule has 0 radical (unpaired) electrons. The van der Waals surface area contributed by atoms with Gasteiger partial charge in [-0.05, 0) is 0 Å². The van der Waals surface area contributed by atoms with Crippen molar-refractivity contribution < 1.29 is 52.8 Å². The van der Waals surface area contributed by atoms with Crippen molar-refractivity contribution in [1.82, 2.24) is 0 Å². The molecule has 11 nitrogen and oxygen atoms in total. The number of carboxylic acids is 1. The summed E-state index contributed by atoms with van der Waals surface area (Å²) in [4.78, 5) is 56.7. The van der Waals surface area contributed by atoms with Crippen molar-refractivity contribution in [2.45, 2.75) is 64.6 Å². The van der Waals surface area contributed by atoms with E-state index >= 15 is 0 Å². The van der Waals surface area contributed by atoms with Crippen LogP contribution in [0.3, 0.4) is 0 Å². The molecule has 1 heterocycles. The van der Waals surface area contributed by atoms with E-state index in [0.29, 0.717) is 0 Å². The fraction of sp³-hybridized carbons (Fsp3) is 0.688. The average Bonchev–Trinajstić information content (AvgIpc) is 2.49. The van der Waals surface area contributed by atoms with Crippen LogP contribution in [0.2, 0.25) is 0 Å². The van der Waals surface area contributed by atoms with E-state index in [1.54, 1.807) is 0 Å². The van der Waals surface area contributed by atoms with Gasteiger partial charge in [-0.15, -0.1) is 0 Å². The van der Waals surface area contributed by atoms with E-state index in [1.807, 2.05) is 0 Å². The van der Waals surface area contributed by atoms with Crippen molar-refractivity contribution >= 4 is 29.8 Å². The van der Waals surface area contributed by atoms with Gasteiger partial charge in [-0.2, -0.15) is 0 Å². The van der Waals surface area contributed by atoms with Gasteiger partial charge in [0.2, 0.25) is 0 Å². The van der Waals surface area contributed by atoms with E-state index in [0.717, 1.165) is 27.7 Å². The summed E-state index contributed by atoms with van der Waals surface area (Å²) < 4.78 is 25.9. The van der Waals surface area contributed by atoms with Crippen molar-refractivity contribution in [3.05, 3.63) is 0 Å². The minimum absolute atomic E-state index is 0.395. The Morgan fingerprint density at radius 1 is 0.741 bits per heavy atom. The number of esters is 4. The van der Waals surface area contributed by atoms with Crippen LogP contribution in [0.1, 0.15) is 34.1 Å². The molecule has 0 aliphatic carbocycles. The van der Waals surface area contributed by atoms with Crippen LogP contribution in [0.25, 0.3) is 0 Å². The minimum atomic E-state index is -1.35. The normalized spacial score (nSPS) is 27.2. The fourth-order valence-electron chi connectivity index (χ4n) is 2.65. The predicted molar refractivity (Wildman–Crippen MR) is 84.2 cm³/mol. The summed E-state index contributed by atoms with van der Waals surface area (Å²) in [6, 6.07) is 0. The molecule has 0 saturated carbocycles. The summed E-state index contributed by atoms with van der Waals surface area (Å²) in [6.07, 6.45) is -6.96. The first-order valence-corrected chi connectivity index (χ1v) is 8.03. The Kier molecular flexibility index (Phi) is 8.16. The largest absolute Gasteiger partial charge is 0.481 e. The summed E-state index contributed by atoms with van der Waals surface area (Å²) in [5.41, 5.74) is 0. The second-order valence-corrected chi connectivity index (χ2v) is 5.84. The molecule has 1 saturated heterocycles. The summed E-state index contributed by atoms with van der Waals surface area (Å²) >= 11 is 0. The van der Waals surface area contributed by atoms with Gasteiger partial charge in [0.15, 0.2) is 18.3 Å². The number of rotatable bonds is 7. The number of carboxylic acid groups (broad SMARTS) is 1. The van der Waals surface area contributed by atoms with Crippen molar-refractivity contribution in [3.63, 3.8) is 0 Å². The van der Waals surface area contributed by atoms with Crippen LogP contribution in [-0.4, -0.2) is 72.1 Å². The van der Waals surface area contributed by atoms with Crippen molar-refractivity contribution in [3.8, 4) is 0 Å². The quantitative estimate of drug-likeness (QED) is 0.446. The molecule has 11 heteroatoms. The van der Waals surface area contributed by atoms with Crippen LogP contribution in [0, 0.1) is 0 Å². The Hall–Kier alpha value is -2.69. The van der Waals surface area contributed by atoms with Crippen LogP contribution in [0.15, 0.2) is 0 Å². The molecule has 0 amide bonds. The molecule has 1 rings (SSSR count). The molecule has 0 unspecified atom stereocenters. The molecular weight excluding hydrogens is 368 g/mol. The van der Waals surface area contributed by atoms with Gasteiger partial charge in [0.05, 0.1) is 6.42 Å². The van der Waals surface area contributed by atoms with Gasteiger partial charge in [-0.3, -0.25) is 24.0 Å². The molecule has 0 spiro atoms. The third-order valence-corrected chi connectivity index (χ3v) is 3.46. The summed E-state index contributed by atoms with van der Waals surface area (Å²) in [7, 11) is 0. The van der Waals surface area contributed by atoms with Gasteiger partial charge in [-0.25, -0.2) is 0 Å². The highest BCUT2D eigenvalue weighted by Crippen LogP contribution is 2.30. The van der Waals surface area contributed by atoms with E-state index < -0.39 is 73.4 Å². The predicted octanol–water partition coefficient (Wildman–Crippen LogP) is -0.413. The van der Waals surface area contributed by atoms with E-state index in [-0.39, 0.29) is 0 Å². The number of ether oxygens (including phenoxy) is 5. The van der Waals surface area contributed by atoms with Gasteiger partial charge >= 0.3 is 29.8 Å². The Morgan fingerprint density at radius 3 is 1.59 bits per heavy atom. The highest BCUT2D eigenvalue weighted by molar-refractivity contribution is 5.70. The third-order valence-electron chi connectivity index (χ3n) is 3.46. The SMILES string of the molecule is CC(=O)OC[C@H]1O[C@H](CC(=O)O)[C@H](OC(C)=O)[C@@H](OC(C)=O)[C@H]1OC(C)=O. The maximum absolute atomic E-state index is 11.5. The van der Waals surface area contributed by atoms with Gasteiger partial charge in [-0.1, -0.05) is 0 Å². The highest BCUT2D eigenvalue weighted by Gasteiger charge is 2.52. The van der Waals surface area contributed by atoms with Crippen molar-refractivity contribution in [2.24, 2.45) is 0 Å². The van der Waals surface area contributed by atoms with Gasteiger partial charge in [0.25, 0.3) is 0 Å². The second kappa shape index (κ2) is 9.86. The monoisotopic (exact) mass is 390 g/mol. The Balaban J connectivity index is 3.29. The molecular formula is C16H22O11. The first kappa shape index (κ1) is 22.4. The lowest BCUT2D eigenvalue weighted by Crippen LogP contribution is -2.62. The molecule has 0 aromatic rings. The second-order valence-electron chi connectivity index (χ2n) is 5.84. The number of aliphatic carboxylic acids is 1. The Morgan fingerprint density at radius 2 is 1.19 bits per heavy atom. The maximum atomic E-state index is 11.5. The van der Waals surface area contributed by atoms with E-state index in [4.69, 9.17) is 28.8 Å². The first-order chi connectivity index (χ1) is 12.5. The fourth-order valence-corrected chi connectivity index (χ4v) is 2.65. The summed E-state index contributed by atoms with van der Waals surface area (Å²) in [5, 5.41) is 9.10. The van der Waals surface area contributed by atoms with E-state index in [9.17, 15) is 24.0 Å². The zero-order valence-corrected chi connectivity index (χ0v) is 15.3. The Bertz CT molecular complexity index is 599. The van der Waals surface area contributed by atoms with Crippen molar-refractivity contribution in [1.29, 1.82) is 0 Å². The molecule has 5 atom stereocenters. The highest BCUT2D eigenvalue weighted by atomic mass is 16.7. The molecule has 1 N–H and O–H groups in total. The standard InChI is InChI=1S/C16H22O11/c1-7(17)23-6-12-15(25-9(3)19)16(26-10(4)20)14(24-8(2)18)11(27-12)5-13(21)22/h11-12,14-16H,5-6H2,1-4H3,(H,21,22)/t11-,12-,14+,15+,16-/m1/s1. The molecule has 152 valence electrons. The number of hydrogen-bond acceptors (Lipinski definition) is 10. The summed E-state index contributed by atoms with van der Waals surface area (Å²) in [6.45, 7) is 4.00. The maximum Gasteiger partial charge on any atom is 0.306 e. The van der Waals surface area contributed by atoms with Gasteiger partial charge in [0.1, 0.15) is 18.8 Å². The lowest BCUT2D eigenvalue weighted by molar-refractivity contribution is -0.253. The molecule has 0 aromatic carbocycles. The smallest absolute Gasteiger partial charge is 0.306 e. The van der Waals surface area contributed by atoms with Crippen molar-refractivity contribution in [2.75, 3.05) is 6.61 Å². The molecule has 1 fully saturated rings. The van der Waals surface area contributed by atoms with Crippen LogP contribution in [-0.2, 0) is 47.7 Å². The molecule has 1 aliphatic rings. The summed E-state index contributed by atoms with van der Waals surface area (Å²) in [5.74, 6) is -4.24. The zero-order chi connectivity index (χ0) is 20.7. The van der Waals surface area contributed by atoms with Crippen LogP contribution in [0.5, 0.6) is 0 Å². The van der Waals surface area contributed by atoms with Crippen LogP contribution in [0.4, 0.5) is 0 Å². The van der Waals surface area contributed by atoms with Crippen LogP contribution >= 0.6 is 0 Å². The van der Waals surface area contributed by atoms with Crippen LogP contribution < -0.4 is 0 Å². The number of hydrogen-bond donors (Lipinski definition) is 1. The zero-order valence-electron chi connectivity index (χ0n) is 15.3.